The van der Waals surface area contributed by atoms with Crippen molar-refractivity contribution >= 4 is 11.6 Å². The molecule has 0 saturated heterocycles. The second-order valence-electron chi connectivity index (χ2n) is 4.23. The molecular formula is C13H20N2O3. The van der Waals surface area contributed by atoms with Crippen LogP contribution in [-0.4, -0.2) is 30.7 Å². The highest BCUT2D eigenvalue weighted by atomic mass is 16.5. The largest absolute Gasteiger partial charge is 0.481 e. The standard InChI is InChI=1S/C13H20N2O3/c1-5-8-13(2,18-4)12(16)15-10-6-7-11(17-3)14-9-10/h6-7,9H,5,8H2,1-4H3,(H,15,16)/t13-/m0/s1. The van der Waals surface area contributed by atoms with Crippen molar-refractivity contribution in [2.24, 2.45) is 0 Å². The number of aromatic nitrogens is 1. The van der Waals surface area contributed by atoms with Crippen LogP contribution in [0.15, 0.2) is 18.3 Å². The van der Waals surface area contributed by atoms with Crippen molar-refractivity contribution in [1.82, 2.24) is 4.98 Å². The van der Waals surface area contributed by atoms with Gasteiger partial charge in [-0.2, -0.15) is 0 Å². The monoisotopic (exact) mass is 252 g/mol. The number of nitrogens with one attached hydrogen (secondary N) is 1. The zero-order valence-corrected chi connectivity index (χ0v) is 11.3. The van der Waals surface area contributed by atoms with Crippen molar-refractivity contribution in [3.8, 4) is 5.88 Å². The fourth-order valence-electron chi connectivity index (χ4n) is 1.62. The summed E-state index contributed by atoms with van der Waals surface area (Å²) in [4.78, 5) is 16.1. The first-order valence-electron chi connectivity index (χ1n) is 5.92. The Hall–Kier alpha value is -1.62. The molecule has 0 spiro atoms. The molecule has 0 aliphatic carbocycles. The van der Waals surface area contributed by atoms with E-state index in [0.29, 0.717) is 18.0 Å². The fraction of sp³-hybridized carbons (Fsp3) is 0.538. The van der Waals surface area contributed by atoms with Gasteiger partial charge < -0.3 is 14.8 Å². The summed E-state index contributed by atoms with van der Waals surface area (Å²) >= 11 is 0. The van der Waals surface area contributed by atoms with Gasteiger partial charge in [-0.15, -0.1) is 0 Å². The van der Waals surface area contributed by atoms with Crippen LogP contribution < -0.4 is 10.1 Å². The number of rotatable bonds is 6. The zero-order valence-electron chi connectivity index (χ0n) is 11.3. The van der Waals surface area contributed by atoms with Crippen LogP contribution in [0.2, 0.25) is 0 Å². The van der Waals surface area contributed by atoms with Crippen molar-refractivity contribution in [1.29, 1.82) is 0 Å². The van der Waals surface area contributed by atoms with E-state index in [1.807, 2.05) is 6.92 Å². The summed E-state index contributed by atoms with van der Waals surface area (Å²) in [6.45, 7) is 3.79. The minimum atomic E-state index is -0.811. The van der Waals surface area contributed by atoms with Crippen molar-refractivity contribution in [3.05, 3.63) is 18.3 Å². The van der Waals surface area contributed by atoms with Crippen molar-refractivity contribution in [2.45, 2.75) is 32.3 Å². The van der Waals surface area contributed by atoms with Gasteiger partial charge in [0.1, 0.15) is 5.60 Å². The van der Waals surface area contributed by atoms with E-state index in [1.54, 1.807) is 39.5 Å². The number of amides is 1. The Bertz CT molecular complexity index is 392. The van der Waals surface area contributed by atoms with E-state index < -0.39 is 5.60 Å². The minimum absolute atomic E-state index is 0.168. The van der Waals surface area contributed by atoms with E-state index in [2.05, 4.69) is 10.3 Å². The lowest BCUT2D eigenvalue weighted by atomic mass is 9.99. The molecule has 1 heterocycles. The molecule has 1 aromatic rings. The molecule has 1 aromatic heterocycles. The maximum atomic E-state index is 12.1. The zero-order chi connectivity index (χ0) is 13.6. The summed E-state index contributed by atoms with van der Waals surface area (Å²) in [7, 11) is 3.09. The molecule has 0 bridgehead atoms. The predicted octanol–water partition coefficient (Wildman–Crippen LogP) is 2.23. The number of nitrogens with zero attached hydrogens (tertiary/aromatic N) is 1. The van der Waals surface area contributed by atoms with Gasteiger partial charge in [0.2, 0.25) is 5.88 Å². The first-order valence-corrected chi connectivity index (χ1v) is 5.92. The Morgan fingerprint density at radius 2 is 2.17 bits per heavy atom. The third kappa shape index (κ3) is 3.43. The highest BCUT2D eigenvalue weighted by Gasteiger charge is 2.32. The third-order valence-electron chi connectivity index (χ3n) is 2.86. The van der Waals surface area contributed by atoms with E-state index in [9.17, 15) is 4.79 Å². The van der Waals surface area contributed by atoms with Gasteiger partial charge >= 0.3 is 0 Å². The molecule has 0 radical (unpaired) electrons. The van der Waals surface area contributed by atoms with E-state index in [0.717, 1.165) is 6.42 Å². The van der Waals surface area contributed by atoms with E-state index in [1.165, 1.54) is 0 Å². The average molecular weight is 252 g/mol. The van der Waals surface area contributed by atoms with Crippen molar-refractivity contribution in [2.75, 3.05) is 19.5 Å². The molecular weight excluding hydrogens is 232 g/mol. The molecule has 0 unspecified atom stereocenters. The van der Waals surface area contributed by atoms with Crippen LogP contribution in [0.5, 0.6) is 5.88 Å². The van der Waals surface area contributed by atoms with Crippen molar-refractivity contribution in [3.63, 3.8) is 0 Å². The van der Waals surface area contributed by atoms with Crippen LogP contribution in [0.25, 0.3) is 0 Å². The number of hydrogen-bond acceptors (Lipinski definition) is 4. The number of ether oxygens (including phenoxy) is 2. The van der Waals surface area contributed by atoms with Gasteiger partial charge in [-0.3, -0.25) is 4.79 Å². The van der Waals surface area contributed by atoms with Crippen LogP contribution >= 0.6 is 0 Å². The SMILES string of the molecule is CCC[C@](C)(OC)C(=O)Nc1ccc(OC)nc1. The van der Waals surface area contributed by atoms with Gasteiger partial charge in [0.05, 0.1) is 19.0 Å². The van der Waals surface area contributed by atoms with E-state index >= 15 is 0 Å². The smallest absolute Gasteiger partial charge is 0.256 e. The molecule has 1 atom stereocenters. The van der Waals surface area contributed by atoms with Gasteiger partial charge in [0.15, 0.2) is 0 Å². The van der Waals surface area contributed by atoms with Gasteiger partial charge in [-0.25, -0.2) is 4.98 Å². The normalized spacial score (nSPS) is 13.8. The summed E-state index contributed by atoms with van der Waals surface area (Å²) < 4.78 is 10.3. The van der Waals surface area contributed by atoms with Crippen LogP contribution in [-0.2, 0) is 9.53 Å². The molecule has 1 N–H and O–H groups in total. The molecule has 1 amide bonds. The summed E-state index contributed by atoms with van der Waals surface area (Å²) in [6, 6.07) is 3.44. The number of carbonyl (C=O) groups is 1. The lowest BCUT2D eigenvalue weighted by Crippen LogP contribution is -2.41. The van der Waals surface area contributed by atoms with Gasteiger partial charge in [-0.05, 0) is 19.4 Å². The summed E-state index contributed by atoms with van der Waals surface area (Å²) in [5.41, 5.74) is -0.186. The Kier molecular flexibility index (Phi) is 5.09. The van der Waals surface area contributed by atoms with Crippen molar-refractivity contribution < 1.29 is 14.3 Å². The Morgan fingerprint density at radius 3 is 2.61 bits per heavy atom. The highest BCUT2D eigenvalue weighted by molar-refractivity contribution is 5.96. The average Bonchev–Trinajstić information content (AvgIpc) is 2.39. The lowest BCUT2D eigenvalue weighted by molar-refractivity contribution is -0.136. The van der Waals surface area contributed by atoms with Crippen LogP contribution in [0, 0.1) is 0 Å². The minimum Gasteiger partial charge on any atom is -0.481 e. The molecule has 18 heavy (non-hydrogen) atoms. The van der Waals surface area contributed by atoms with E-state index in [-0.39, 0.29) is 5.91 Å². The molecule has 0 aliphatic heterocycles. The Balaban J connectivity index is 2.73. The molecule has 100 valence electrons. The number of pyridine rings is 1. The van der Waals surface area contributed by atoms with Gasteiger partial charge in [-0.1, -0.05) is 13.3 Å². The Labute approximate surface area is 108 Å². The number of anilines is 1. The molecule has 0 aromatic carbocycles. The van der Waals surface area contributed by atoms with Crippen LogP contribution in [0.1, 0.15) is 26.7 Å². The number of hydrogen-bond donors (Lipinski definition) is 1. The van der Waals surface area contributed by atoms with Gasteiger partial charge in [0, 0.05) is 13.2 Å². The fourth-order valence-corrected chi connectivity index (χ4v) is 1.62. The quantitative estimate of drug-likeness (QED) is 0.843. The molecule has 0 saturated carbocycles. The van der Waals surface area contributed by atoms with E-state index in [4.69, 9.17) is 9.47 Å². The summed E-state index contributed by atoms with van der Waals surface area (Å²) in [6.07, 6.45) is 3.09. The lowest BCUT2D eigenvalue weighted by Gasteiger charge is -2.26. The molecule has 1 rings (SSSR count). The predicted molar refractivity (Wildman–Crippen MR) is 69.7 cm³/mol. The molecule has 0 aliphatic rings. The maximum Gasteiger partial charge on any atom is 0.256 e. The second-order valence-corrected chi connectivity index (χ2v) is 4.23. The highest BCUT2D eigenvalue weighted by Crippen LogP contribution is 2.20. The van der Waals surface area contributed by atoms with Gasteiger partial charge in [0.25, 0.3) is 5.91 Å². The first kappa shape index (κ1) is 14.4. The topological polar surface area (TPSA) is 60.5 Å². The summed E-state index contributed by atoms with van der Waals surface area (Å²) in [5, 5.41) is 2.79. The third-order valence-corrected chi connectivity index (χ3v) is 2.86. The summed E-state index contributed by atoms with van der Waals surface area (Å²) in [5.74, 6) is 0.342. The maximum absolute atomic E-state index is 12.1. The number of carbonyl (C=O) groups excluding carboxylic acids is 1. The molecule has 0 fully saturated rings. The second kappa shape index (κ2) is 6.35. The molecule has 5 nitrogen and oxygen atoms in total. The first-order chi connectivity index (χ1) is 8.55. The number of methoxy groups -OCH3 is 2. The molecule has 5 heteroatoms. The Morgan fingerprint density at radius 1 is 1.44 bits per heavy atom. The van der Waals surface area contributed by atoms with Crippen LogP contribution in [0.4, 0.5) is 5.69 Å². The van der Waals surface area contributed by atoms with Crippen LogP contribution in [0.3, 0.4) is 0 Å².